The minimum absolute atomic E-state index is 0.151. The molecule has 0 aliphatic carbocycles. The molecule has 0 N–H and O–H groups in total. The molecule has 0 saturated carbocycles. The molecule has 3 aromatic rings. The molecular formula is C21H21FN4O3. The molecule has 0 unspecified atom stereocenters. The van der Waals surface area contributed by atoms with E-state index in [1.54, 1.807) is 35.9 Å². The number of hydrogen-bond donors (Lipinski definition) is 0. The number of pyridine rings is 1. The van der Waals surface area contributed by atoms with Crippen molar-refractivity contribution in [3.8, 4) is 17.0 Å². The third-order valence-electron chi connectivity index (χ3n) is 4.96. The molecule has 0 bridgehead atoms. The van der Waals surface area contributed by atoms with Crippen molar-refractivity contribution >= 4 is 5.91 Å². The Labute approximate surface area is 167 Å². The molecule has 1 aliphatic heterocycles. The molecule has 1 aromatic carbocycles. The van der Waals surface area contributed by atoms with Gasteiger partial charge in [0, 0.05) is 32.0 Å². The van der Waals surface area contributed by atoms with Crippen molar-refractivity contribution in [2.75, 3.05) is 27.4 Å². The summed E-state index contributed by atoms with van der Waals surface area (Å²) >= 11 is 0. The standard InChI is InChI=1S/C21H21FN4O3/c1-28-13-15-12-25(11-14-3-5-16(29-2)6-4-14)21(27)20-9-19(24-26(15)20)17-7-8-23-10-18(17)22/h3-10,15H,11-13H2,1-2H3/t15-/m0/s1. The van der Waals surface area contributed by atoms with Gasteiger partial charge in [-0.05, 0) is 29.8 Å². The fourth-order valence-corrected chi connectivity index (χ4v) is 3.53. The van der Waals surface area contributed by atoms with Crippen LogP contribution in [-0.4, -0.2) is 52.9 Å². The first-order chi connectivity index (χ1) is 14.1. The molecular weight excluding hydrogens is 375 g/mol. The minimum Gasteiger partial charge on any atom is -0.497 e. The van der Waals surface area contributed by atoms with Crippen LogP contribution in [0.15, 0.2) is 48.8 Å². The van der Waals surface area contributed by atoms with Gasteiger partial charge in [0.1, 0.15) is 11.4 Å². The van der Waals surface area contributed by atoms with Gasteiger partial charge in [0.15, 0.2) is 5.82 Å². The summed E-state index contributed by atoms with van der Waals surface area (Å²) in [6, 6.07) is 10.6. The van der Waals surface area contributed by atoms with Gasteiger partial charge in [0.2, 0.25) is 0 Å². The Morgan fingerprint density at radius 1 is 1.21 bits per heavy atom. The fourth-order valence-electron chi connectivity index (χ4n) is 3.53. The maximum absolute atomic E-state index is 14.2. The maximum atomic E-state index is 14.2. The zero-order valence-electron chi connectivity index (χ0n) is 16.2. The number of aromatic nitrogens is 3. The van der Waals surface area contributed by atoms with Crippen LogP contribution in [0, 0.1) is 5.82 Å². The zero-order chi connectivity index (χ0) is 20.4. The van der Waals surface area contributed by atoms with E-state index in [1.807, 2.05) is 24.3 Å². The zero-order valence-corrected chi connectivity index (χ0v) is 16.2. The van der Waals surface area contributed by atoms with Crippen LogP contribution < -0.4 is 4.74 Å². The highest BCUT2D eigenvalue weighted by molar-refractivity contribution is 5.94. The molecule has 3 heterocycles. The van der Waals surface area contributed by atoms with E-state index < -0.39 is 5.82 Å². The van der Waals surface area contributed by atoms with Gasteiger partial charge in [0.25, 0.3) is 5.91 Å². The molecule has 0 saturated heterocycles. The third-order valence-corrected chi connectivity index (χ3v) is 4.96. The molecule has 1 atom stereocenters. The number of rotatable bonds is 6. The predicted molar refractivity (Wildman–Crippen MR) is 104 cm³/mol. The topological polar surface area (TPSA) is 69.5 Å². The minimum atomic E-state index is -0.478. The number of amides is 1. The Morgan fingerprint density at radius 3 is 2.69 bits per heavy atom. The Balaban J connectivity index is 1.66. The summed E-state index contributed by atoms with van der Waals surface area (Å²) in [7, 11) is 3.22. The second-order valence-electron chi connectivity index (χ2n) is 6.86. The van der Waals surface area contributed by atoms with Gasteiger partial charge in [0.05, 0.1) is 31.6 Å². The normalized spacial score (nSPS) is 16.0. The second-order valence-corrected chi connectivity index (χ2v) is 6.86. The predicted octanol–water partition coefficient (Wildman–Crippen LogP) is 2.94. The van der Waals surface area contributed by atoms with Crippen LogP contribution in [0.2, 0.25) is 0 Å². The van der Waals surface area contributed by atoms with Gasteiger partial charge in [-0.1, -0.05) is 12.1 Å². The van der Waals surface area contributed by atoms with Gasteiger partial charge in [-0.2, -0.15) is 5.10 Å². The fraction of sp³-hybridized carbons (Fsp3) is 0.286. The average Bonchev–Trinajstić information content (AvgIpc) is 3.18. The van der Waals surface area contributed by atoms with E-state index in [9.17, 15) is 9.18 Å². The van der Waals surface area contributed by atoms with Crippen LogP contribution in [0.4, 0.5) is 4.39 Å². The lowest BCUT2D eigenvalue weighted by atomic mass is 10.1. The van der Waals surface area contributed by atoms with Crippen LogP contribution in [0.25, 0.3) is 11.3 Å². The molecule has 0 fully saturated rings. The number of nitrogens with zero attached hydrogens (tertiary/aromatic N) is 4. The van der Waals surface area contributed by atoms with E-state index in [-0.39, 0.29) is 11.9 Å². The van der Waals surface area contributed by atoms with Gasteiger partial charge < -0.3 is 14.4 Å². The van der Waals surface area contributed by atoms with E-state index >= 15 is 0 Å². The van der Waals surface area contributed by atoms with Crippen LogP contribution in [0.3, 0.4) is 0 Å². The largest absolute Gasteiger partial charge is 0.497 e. The summed E-state index contributed by atoms with van der Waals surface area (Å²) in [5.74, 6) is 0.133. The third kappa shape index (κ3) is 3.71. The number of carbonyl (C=O) groups is 1. The number of halogens is 1. The smallest absolute Gasteiger partial charge is 0.272 e. The maximum Gasteiger partial charge on any atom is 0.272 e. The van der Waals surface area contributed by atoms with Gasteiger partial charge in [-0.15, -0.1) is 0 Å². The van der Waals surface area contributed by atoms with Crippen molar-refractivity contribution in [3.63, 3.8) is 0 Å². The number of ether oxygens (including phenoxy) is 2. The molecule has 4 rings (SSSR count). The van der Waals surface area contributed by atoms with E-state index in [1.165, 1.54) is 6.20 Å². The number of methoxy groups -OCH3 is 2. The SMILES string of the molecule is COC[C@@H]1CN(Cc2ccc(OC)cc2)C(=O)c2cc(-c3ccncc3F)nn21. The molecule has 1 amide bonds. The average molecular weight is 396 g/mol. The highest BCUT2D eigenvalue weighted by Gasteiger charge is 2.33. The van der Waals surface area contributed by atoms with Crippen LogP contribution >= 0.6 is 0 Å². The highest BCUT2D eigenvalue weighted by atomic mass is 19.1. The Morgan fingerprint density at radius 2 is 2.00 bits per heavy atom. The summed E-state index contributed by atoms with van der Waals surface area (Å²) in [5, 5.41) is 4.50. The van der Waals surface area contributed by atoms with Crippen molar-refractivity contribution in [1.29, 1.82) is 0 Å². The van der Waals surface area contributed by atoms with E-state index in [0.29, 0.717) is 36.6 Å². The summed E-state index contributed by atoms with van der Waals surface area (Å²) in [4.78, 5) is 18.6. The lowest BCUT2D eigenvalue weighted by Gasteiger charge is -2.33. The van der Waals surface area contributed by atoms with Crippen LogP contribution in [-0.2, 0) is 11.3 Å². The number of carbonyl (C=O) groups excluding carboxylic acids is 1. The van der Waals surface area contributed by atoms with Crippen molar-refractivity contribution < 1.29 is 18.7 Å². The molecule has 0 spiro atoms. The molecule has 150 valence electrons. The van der Waals surface area contributed by atoms with Gasteiger partial charge in [-0.25, -0.2) is 4.39 Å². The Kier molecular flexibility index (Phi) is 5.26. The number of benzene rings is 1. The van der Waals surface area contributed by atoms with Crippen molar-refractivity contribution in [1.82, 2.24) is 19.7 Å². The summed E-state index contributed by atoms with van der Waals surface area (Å²) in [6.45, 7) is 1.29. The summed E-state index contributed by atoms with van der Waals surface area (Å²) in [5.41, 5.74) is 2.12. The number of fused-ring (bicyclic) bond motifs is 1. The second kappa shape index (κ2) is 8.00. The van der Waals surface area contributed by atoms with E-state index in [2.05, 4.69) is 10.1 Å². The Hall–Kier alpha value is -3.26. The highest BCUT2D eigenvalue weighted by Crippen LogP contribution is 2.28. The lowest BCUT2D eigenvalue weighted by Crippen LogP contribution is -2.44. The molecule has 7 nitrogen and oxygen atoms in total. The van der Waals surface area contributed by atoms with Crippen LogP contribution in [0.1, 0.15) is 22.1 Å². The monoisotopic (exact) mass is 396 g/mol. The number of hydrogen-bond acceptors (Lipinski definition) is 5. The summed E-state index contributed by atoms with van der Waals surface area (Å²) in [6.07, 6.45) is 2.64. The first-order valence-corrected chi connectivity index (χ1v) is 9.21. The lowest BCUT2D eigenvalue weighted by molar-refractivity contribution is 0.0549. The van der Waals surface area contributed by atoms with Gasteiger partial charge >= 0.3 is 0 Å². The molecule has 8 heteroatoms. The molecule has 1 aliphatic rings. The van der Waals surface area contributed by atoms with E-state index in [4.69, 9.17) is 9.47 Å². The molecule has 2 aromatic heterocycles. The van der Waals surface area contributed by atoms with Crippen molar-refractivity contribution in [3.05, 3.63) is 65.9 Å². The quantitative estimate of drug-likeness (QED) is 0.641. The molecule has 29 heavy (non-hydrogen) atoms. The first kappa shape index (κ1) is 19.1. The van der Waals surface area contributed by atoms with Gasteiger partial charge in [-0.3, -0.25) is 14.5 Å². The molecule has 0 radical (unpaired) electrons. The van der Waals surface area contributed by atoms with Crippen molar-refractivity contribution in [2.24, 2.45) is 0 Å². The Bertz CT molecular complexity index is 1020. The van der Waals surface area contributed by atoms with Crippen LogP contribution in [0.5, 0.6) is 5.75 Å². The first-order valence-electron chi connectivity index (χ1n) is 9.21. The summed E-state index contributed by atoms with van der Waals surface area (Å²) < 4.78 is 26.3. The van der Waals surface area contributed by atoms with Crippen molar-refractivity contribution in [2.45, 2.75) is 12.6 Å². The van der Waals surface area contributed by atoms with E-state index in [0.717, 1.165) is 17.5 Å².